The Hall–Kier alpha value is -1.68. The van der Waals surface area contributed by atoms with Crippen LogP contribution in [0.5, 0.6) is 0 Å². The largest absolute Gasteiger partial charge is 0.325 e. The van der Waals surface area contributed by atoms with E-state index >= 15 is 0 Å². The zero-order valence-corrected chi connectivity index (χ0v) is 9.59. The van der Waals surface area contributed by atoms with Crippen molar-refractivity contribution < 1.29 is 0 Å². The highest BCUT2D eigenvalue weighted by Crippen LogP contribution is 2.18. The van der Waals surface area contributed by atoms with Gasteiger partial charge in [0.05, 0.1) is 17.1 Å². The molecule has 0 aliphatic heterocycles. The van der Waals surface area contributed by atoms with Gasteiger partial charge in [-0.25, -0.2) is 4.68 Å². The van der Waals surface area contributed by atoms with E-state index in [9.17, 15) is 0 Å². The van der Waals surface area contributed by atoms with Gasteiger partial charge >= 0.3 is 0 Å². The monoisotopic (exact) mass is 216 g/mol. The minimum absolute atomic E-state index is 0.344. The molecule has 16 heavy (non-hydrogen) atoms. The summed E-state index contributed by atoms with van der Waals surface area (Å²) in [4.78, 5) is 0. The van der Waals surface area contributed by atoms with Crippen molar-refractivity contribution in [2.75, 3.05) is 0 Å². The second kappa shape index (κ2) is 4.45. The van der Waals surface area contributed by atoms with Gasteiger partial charge in [-0.1, -0.05) is 37.3 Å². The van der Waals surface area contributed by atoms with Crippen molar-refractivity contribution in [3.8, 4) is 5.69 Å². The average Bonchev–Trinajstić information content (AvgIpc) is 2.73. The number of rotatable bonds is 3. The van der Waals surface area contributed by atoms with Gasteiger partial charge in [0.2, 0.25) is 0 Å². The molecule has 2 rings (SSSR count). The maximum Gasteiger partial charge on any atom is 0.0902 e. The van der Waals surface area contributed by atoms with Crippen LogP contribution in [0, 0.1) is 0 Å². The van der Waals surface area contributed by atoms with Crippen molar-refractivity contribution in [1.82, 2.24) is 15.0 Å². The quantitative estimate of drug-likeness (QED) is 0.851. The first-order chi connectivity index (χ1) is 7.74. The summed E-state index contributed by atoms with van der Waals surface area (Å²) in [5, 5.41) is 8.36. The molecule has 84 valence electrons. The second-order valence-electron chi connectivity index (χ2n) is 4.03. The van der Waals surface area contributed by atoms with E-state index in [1.165, 1.54) is 0 Å². The van der Waals surface area contributed by atoms with Crippen molar-refractivity contribution in [2.24, 2.45) is 5.73 Å². The lowest BCUT2D eigenvalue weighted by Crippen LogP contribution is -2.09. The van der Waals surface area contributed by atoms with Gasteiger partial charge in [-0.05, 0) is 18.1 Å². The maximum absolute atomic E-state index is 5.77. The van der Waals surface area contributed by atoms with E-state index < -0.39 is 0 Å². The van der Waals surface area contributed by atoms with Crippen LogP contribution in [0.25, 0.3) is 5.69 Å². The fourth-order valence-electron chi connectivity index (χ4n) is 1.73. The van der Waals surface area contributed by atoms with Crippen molar-refractivity contribution in [3.63, 3.8) is 0 Å². The summed E-state index contributed by atoms with van der Waals surface area (Å²) >= 11 is 0. The summed E-state index contributed by atoms with van der Waals surface area (Å²) < 4.78 is 1.81. The number of hydrogen-bond acceptors (Lipinski definition) is 3. The van der Waals surface area contributed by atoms with Crippen LogP contribution in [0.15, 0.2) is 30.3 Å². The Bertz CT molecular complexity index is 459. The number of nitrogens with two attached hydrogens (primary N) is 1. The molecule has 0 bridgehead atoms. The molecule has 0 unspecified atom stereocenters. The van der Waals surface area contributed by atoms with Crippen LogP contribution in [0.1, 0.15) is 31.2 Å². The van der Waals surface area contributed by atoms with Gasteiger partial charge in [0, 0.05) is 6.54 Å². The number of benzene rings is 1. The first kappa shape index (κ1) is 10.8. The van der Waals surface area contributed by atoms with Gasteiger partial charge in [-0.3, -0.25) is 0 Å². The predicted molar refractivity (Wildman–Crippen MR) is 63.3 cm³/mol. The number of hydrogen-bond donors (Lipinski definition) is 1. The molecule has 0 fully saturated rings. The van der Waals surface area contributed by atoms with Crippen LogP contribution in [-0.4, -0.2) is 15.0 Å². The first-order valence-electron chi connectivity index (χ1n) is 5.44. The first-order valence-corrected chi connectivity index (χ1v) is 5.44. The van der Waals surface area contributed by atoms with E-state index in [1.807, 2.05) is 35.0 Å². The minimum Gasteiger partial charge on any atom is -0.325 e. The minimum atomic E-state index is 0.344. The summed E-state index contributed by atoms with van der Waals surface area (Å²) in [7, 11) is 0. The molecule has 1 aromatic carbocycles. The van der Waals surface area contributed by atoms with Gasteiger partial charge in [-0.2, -0.15) is 0 Å². The Kier molecular flexibility index (Phi) is 3.01. The molecule has 2 aromatic rings. The highest BCUT2D eigenvalue weighted by molar-refractivity contribution is 5.33. The Morgan fingerprint density at radius 2 is 1.94 bits per heavy atom. The van der Waals surface area contributed by atoms with Gasteiger partial charge in [-0.15, -0.1) is 5.10 Å². The molecule has 4 heteroatoms. The fraction of sp³-hybridized carbons (Fsp3) is 0.333. The summed E-state index contributed by atoms with van der Waals surface area (Å²) in [6, 6.07) is 9.93. The molecule has 0 radical (unpaired) electrons. The van der Waals surface area contributed by atoms with Gasteiger partial charge in [0.1, 0.15) is 0 Å². The molecule has 2 N–H and O–H groups in total. The van der Waals surface area contributed by atoms with Gasteiger partial charge < -0.3 is 5.73 Å². The van der Waals surface area contributed by atoms with E-state index in [0.717, 1.165) is 17.1 Å². The molecule has 0 spiro atoms. The molecule has 1 aromatic heterocycles. The molecule has 0 aliphatic rings. The van der Waals surface area contributed by atoms with Crippen LogP contribution in [-0.2, 0) is 6.54 Å². The average molecular weight is 216 g/mol. The number of aromatic nitrogens is 3. The standard InChI is InChI=1S/C12H16N4/c1-9(2)12-11(8-13)16(15-14-12)10-6-4-3-5-7-10/h3-7,9H,8,13H2,1-2H3. The van der Waals surface area contributed by atoms with E-state index in [-0.39, 0.29) is 0 Å². The molecule has 1 heterocycles. The lowest BCUT2D eigenvalue weighted by molar-refractivity contribution is 0.761. The molecule has 0 atom stereocenters. The van der Waals surface area contributed by atoms with Crippen LogP contribution < -0.4 is 5.73 Å². The third-order valence-corrected chi connectivity index (χ3v) is 2.53. The highest BCUT2D eigenvalue weighted by atomic mass is 15.4. The molecule has 0 saturated heterocycles. The highest BCUT2D eigenvalue weighted by Gasteiger charge is 2.14. The van der Waals surface area contributed by atoms with Crippen molar-refractivity contribution in [2.45, 2.75) is 26.3 Å². The smallest absolute Gasteiger partial charge is 0.0902 e. The molecule has 0 saturated carbocycles. The van der Waals surface area contributed by atoms with Crippen molar-refractivity contribution in [1.29, 1.82) is 0 Å². The Balaban J connectivity index is 2.50. The van der Waals surface area contributed by atoms with Crippen LogP contribution >= 0.6 is 0 Å². The van der Waals surface area contributed by atoms with Gasteiger partial charge in [0.25, 0.3) is 0 Å². The van der Waals surface area contributed by atoms with Crippen molar-refractivity contribution >= 4 is 0 Å². The molecular formula is C12H16N4. The lowest BCUT2D eigenvalue weighted by Gasteiger charge is -2.07. The number of para-hydroxylation sites is 1. The maximum atomic E-state index is 5.77. The normalized spacial score (nSPS) is 11.0. The van der Waals surface area contributed by atoms with Crippen molar-refractivity contribution in [3.05, 3.63) is 41.7 Å². The van der Waals surface area contributed by atoms with Crippen LogP contribution in [0.3, 0.4) is 0 Å². The summed E-state index contributed by atoms with van der Waals surface area (Å²) in [6.07, 6.45) is 0. The molecule has 4 nitrogen and oxygen atoms in total. The van der Waals surface area contributed by atoms with Gasteiger partial charge in [0.15, 0.2) is 0 Å². The fourth-order valence-corrected chi connectivity index (χ4v) is 1.73. The zero-order valence-electron chi connectivity index (χ0n) is 9.59. The summed E-state index contributed by atoms with van der Waals surface area (Å²) in [6.45, 7) is 4.65. The van der Waals surface area contributed by atoms with E-state index in [2.05, 4.69) is 24.2 Å². The van der Waals surface area contributed by atoms with Crippen LogP contribution in [0.2, 0.25) is 0 Å². The Morgan fingerprint density at radius 1 is 1.25 bits per heavy atom. The zero-order chi connectivity index (χ0) is 11.5. The summed E-state index contributed by atoms with van der Waals surface area (Å²) in [5.41, 5.74) is 8.74. The molecule has 0 amide bonds. The predicted octanol–water partition coefficient (Wildman–Crippen LogP) is 1.85. The second-order valence-corrected chi connectivity index (χ2v) is 4.03. The SMILES string of the molecule is CC(C)c1nnn(-c2ccccc2)c1CN. The Morgan fingerprint density at radius 3 is 2.50 bits per heavy atom. The lowest BCUT2D eigenvalue weighted by atomic mass is 10.1. The van der Waals surface area contributed by atoms with E-state index in [0.29, 0.717) is 12.5 Å². The third kappa shape index (κ3) is 1.84. The molecule has 0 aliphatic carbocycles. The summed E-state index contributed by atoms with van der Waals surface area (Å²) in [5.74, 6) is 0.344. The molecular weight excluding hydrogens is 200 g/mol. The van der Waals surface area contributed by atoms with E-state index in [1.54, 1.807) is 0 Å². The third-order valence-electron chi connectivity index (χ3n) is 2.53. The number of nitrogens with zero attached hydrogens (tertiary/aromatic N) is 3. The van der Waals surface area contributed by atoms with E-state index in [4.69, 9.17) is 5.73 Å². The topological polar surface area (TPSA) is 56.7 Å². The van der Waals surface area contributed by atoms with Crippen LogP contribution in [0.4, 0.5) is 0 Å². The Labute approximate surface area is 95.1 Å².